The van der Waals surface area contributed by atoms with Crippen LogP contribution in [0.1, 0.15) is 29.8 Å². The molecule has 2 bridgehead atoms. The summed E-state index contributed by atoms with van der Waals surface area (Å²) in [5.41, 5.74) is 0.981. The number of carbonyl (C=O) groups excluding carboxylic acids is 3. The van der Waals surface area contributed by atoms with Gasteiger partial charge in [-0.05, 0) is 17.7 Å². The lowest BCUT2D eigenvalue weighted by atomic mass is 9.99. The lowest BCUT2D eigenvalue weighted by Gasteiger charge is -2.40. The van der Waals surface area contributed by atoms with E-state index in [0.717, 1.165) is 25.7 Å². The van der Waals surface area contributed by atoms with Crippen LogP contribution in [0.25, 0.3) is 0 Å². The predicted octanol–water partition coefficient (Wildman–Crippen LogP) is 1.79. The Labute approximate surface area is 220 Å². The molecule has 2 aromatic rings. The molecule has 204 valence electrons. The first-order valence-electron chi connectivity index (χ1n) is 11.8. The van der Waals surface area contributed by atoms with Crippen LogP contribution in [0, 0.1) is 0 Å². The highest BCUT2D eigenvalue weighted by Gasteiger charge is 2.65. The molecule has 2 aliphatic rings. The highest BCUT2D eigenvalue weighted by molar-refractivity contribution is 7.86. The van der Waals surface area contributed by atoms with Crippen molar-refractivity contribution >= 4 is 28.0 Å². The average Bonchev–Trinajstić information content (AvgIpc) is 3.16. The summed E-state index contributed by atoms with van der Waals surface area (Å²) in [6, 6.07) is 17.1. The number of ether oxygens (including phenoxy) is 5. The fourth-order valence-corrected chi connectivity index (χ4v) is 5.24. The molecule has 11 nitrogen and oxygen atoms in total. The zero-order valence-corrected chi connectivity index (χ0v) is 21.7. The van der Waals surface area contributed by atoms with E-state index in [1.165, 1.54) is 12.1 Å². The van der Waals surface area contributed by atoms with Gasteiger partial charge < -0.3 is 23.7 Å². The van der Waals surface area contributed by atoms with Gasteiger partial charge in [0.1, 0.15) is 24.4 Å². The fraction of sp³-hybridized carbons (Fsp3) is 0.423. The first kappa shape index (κ1) is 27.7. The molecule has 38 heavy (non-hydrogen) atoms. The van der Waals surface area contributed by atoms with Crippen LogP contribution in [0.15, 0.2) is 60.7 Å². The van der Waals surface area contributed by atoms with Gasteiger partial charge in [0.05, 0.1) is 18.4 Å². The second-order valence-corrected chi connectivity index (χ2v) is 10.6. The van der Waals surface area contributed by atoms with Crippen molar-refractivity contribution < 1.29 is 50.7 Å². The normalized spacial score (nSPS) is 28.3. The third-order valence-corrected chi connectivity index (χ3v) is 6.58. The number of hydrogen-bond donors (Lipinski definition) is 0. The lowest BCUT2D eigenvalue weighted by Crippen LogP contribution is -2.59. The van der Waals surface area contributed by atoms with Gasteiger partial charge in [0.2, 0.25) is 0 Å². The van der Waals surface area contributed by atoms with E-state index in [2.05, 4.69) is 0 Å². The van der Waals surface area contributed by atoms with Gasteiger partial charge in [-0.1, -0.05) is 48.5 Å². The third-order valence-electron chi connectivity index (χ3n) is 6.01. The molecule has 0 amide bonds. The highest BCUT2D eigenvalue weighted by Crippen LogP contribution is 2.42. The Bertz CT molecular complexity index is 1250. The largest absolute Gasteiger partial charge is 0.456 e. The standard InChI is InChI=1S/C26H28O11S/c1-15(27)33-21-20-19(32-14-17-10-6-4-7-11-17)25(37-38(3,30)31)24(35-20)22(34-16(2)28)23(21)36-26(29)18-12-8-5-9-13-18/h4-13,19-25H,14H2,1-3H3/t19-,20-,21+,22-,23+,24-,25+/m0/s1. The Balaban J connectivity index is 1.73. The molecule has 2 saturated heterocycles. The number of esters is 3. The van der Waals surface area contributed by atoms with Gasteiger partial charge in [-0.15, -0.1) is 0 Å². The molecule has 0 aromatic heterocycles. The predicted molar refractivity (Wildman–Crippen MR) is 130 cm³/mol. The van der Waals surface area contributed by atoms with Crippen LogP contribution in [0.2, 0.25) is 0 Å². The number of benzene rings is 2. The molecule has 2 aromatic carbocycles. The fourth-order valence-electron chi connectivity index (χ4n) is 4.62. The van der Waals surface area contributed by atoms with Gasteiger partial charge in [-0.3, -0.25) is 13.8 Å². The summed E-state index contributed by atoms with van der Waals surface area (Å²) in [6.07, 6.45) is -7.91. The van der Waals surface area contributed by atoms with E-state index in [-0.39, 0.29) is 12.2 Å². The highest BCUT2D eigenvalue weighted by atomic mass is 32.2. The maximum atomic E-state index is 13.0. The molecule has 7 atom stereocenters. The average molecular weight is 549 g/mol. The van der Waals surface area contributed by atoms with Crippen LogP contribution < -0.4 is 0 Å². The zero-order chi connectivity index (χ0) is 27.4. The van der Waals surface area contributed by atoms with Crippen molar-refractivity contribution in [1.29, 1.82) is 0 Å². The van der Waals surface area contributed by atoms with Gasteiger partial charge >= 0.3 is 17.9 Å². The van der Waals surface area contributed by atoms with E-state index < -0.39 is 70.8 Å². The van der Waals surface area contributed by atoms with E-state index in [1.807, 2.05) is 30.3 Å². The lowest BCUT2D eigenvalue weighted by molar-refractivity contribution is -0.229. The van der Waals surface area contributed by atoms with E-state index in [9.17, 15) is 22.8 Å². The van der Waals surface area contributed by atoms with Crippen molar-refractivity contribution in [1.82, 2.24) is 0 Å². The Morgan fingerprint density at radius 1 is 0.737 bits per heavy atom. The summed E-state index contributed by atoms with van der Waals surface area (Å²) in [7, 11) is -4.05. The van der Waals surface area contributed by atoms with Crippen LogP contribution in [0.3, 0.4) is 0 Å². The molecule has 2 heterocycles. The molecule has 0 radical (unpaired) electrons. The second-order valence-electron chi connectivity index (χ2n) is 8.98. The van der Waals surface area contributed by atoms with E-state index in [0.29, 0.717) is 0 Å². The van der Waals surface area contributed by atoms with Crippen LogP contribution in [-0.4, -0.2) is 75.3 Å². The monoisotopic (exact) mass is 548 g/mol. The first-order valence-corrected chi connectivity index (χ1v) is 13.6. The van der Waals surface area contributed by atoms with Crippen LogP contribution in [0.4, 0.5) is 0 Å². The molecule has 2 aliphatic heterocycles. The quantitative estimate of drug-likeness (QED) is 0.257. The number of carbonyl (C=O) groups is 3. The van der Waals surface area contributed by atoms with Crippen molar-refractivity contribution in [2.45, 2.75) is 63.2 Å². The first-order chi connectivity index (χ1) is 18.0. The Morgan fingerprint density at radius 3 is 1.79 bits per heavy atom. The molecule has 0 unspecified atom stereocenters. The number of fused-ring (bicyclic) bond motifs is 2. The van der Waals surface area contributed by atoms with Gasteiger partial charge in [0.25, 0.3) is 10.1 Å². The molecule has 0 aliphatic carbocycles. The SMILES string of the molecule is CC(=O)O[C@H]1[C@@H](OC(=O)c2ccccc2)[C@H](OC(C)=O)[C@@H]2O[C@H]1[C@H](OCc1ccccc1)[C@H]2OS(C)(=O)=O. The van der Waals surface area contributed by atoms with Crippen LogP contribution >= 0.6 is 0 Å². The maximum Gasteiger partial charge on any atom is 0.338 e. The summed E-state index contributed by atoms with van der Waals surface area (Å²) in [6.45, 7) is 2.33. The van der Waals surface area contributed by atoms with Gasteiger partial charge in [-0.25, -0.2) is 4.79 Å². The number of rotatable bonds is 9. The smallest absolute Gasteiger partial charge is 0.338 e. The molecule has 0 spiro atoms. The van der Waals surface area contributed by atoms with Crippen molar-refractivity contribution in [2.24, 2.45) is 0 Å². The van der Waals surface area contributed by atoms with Crippen LogP contribution in [-0.2, 0) is 54.2 Å². The molecule has 2 fully saturated rings. The van der Waals surface area contributed by atoms with Crippen molar-refractivity contribution in [3.8, 4) is 0 Å². The molecular weight excluding hydrogens is 520 g/mol. The topological polar surface area (TPSA) is 141 Å². The second kappa shape index (κ2) is 11.6. The molecular formula is C26H28O11S. The molecule has 0 N–H and O–H groups in total. The van der Waals surface area contributed by atoms with Crippen molar-refractivity contribution in [3.63, 3.8) is 0 Å². The number of hydrogen-bond acceptors (Lipinski definition) is 11. The maximum absolute atomic E-state index is 13.0. The van der Waals surface area contributed by atoms with Gasteiger partial charge in [0.15, 0.2) is 18.3 Å². The Hall–Kier alpha value is -3.32. The molecule has 12 heteroatoms. The Morgan fingerprint density at radius 2 is 1.26 bits per heavy atom. The zero-order valence-electron chi connectivity index (χ0n) is 20.9. The van der Waals surface area contributed by atoms with E-state index in [1.54, 1.807) is 18.2 Å². The summed E-state index contributed by atoms with van der Waals surface area (Å²) in [5.74, 6) is -2.26. The third kappa shape index (κ3) is 6.57. The Kier molecular flexibility index (Phi) is 8.46. The van der Waals surface area contributed by atoms with E-state index >= 15 is 0 Å². The van der Waals surface area contributed by atoms with Gasteiger partial charge in [0, 0.05) is 13.8 Å². The van der Waals surface area contributed by atoms with E-state index in [4.69, 9.17) is 27.9 Å². The van der Waals surface area contributed by atoms with Gasteiger partial charge in [-0.2, -0.15) is 8.42 Å². The minimum Gasteiger partial charge on any atom is -0.456 e. The minimum absolute atomic E-state index is 0.0429. The summed E-state index contributed by atoms with van der Waals surface area (Å²) < 4.78 is 58.7. The summed E-state index contributed by atoms with van der Waals surface area (Å²) in [4.78, 5) is 37.2. The van der Waals surface area contributed by atoms with Crippen LogP contribution in [0.5, 0.6) is 0 Å². The summed E-state index contributed by atoms with van der Waals surface area (Å²) >= 11 is 0. The van der Waals surface area contributed by atoms with Crippen molar-refractivity contribution in [2.75, 3.05) is 6.26 Å². The van der Waals surface area contributed by atoms with Crippen molar-refractivity contribution in [3.05, 3.63) is 71.8 Å². The molecule has 4 rings (SSSR count). The summed E-state index contributed by atoms with van der Waals surface area (Å²) in [5, 5.41) is 0. The molecule has 0 saturated carbocycles. The minimum atomic E-state index is -4.05.